The van der Waals surface area contributed by atoms with E-state index in [9.17, 15) is 18.4 Å². The smallest absolute Gasteiger partial charge is 0.258 e. The summed E-state index contributed by atoms with van der Waals surface area (Å²) in [7, 11) is -4.06. The lowest BCUT2D eigenvalue weighted by Gasteiger charge is -2.35. The molecule has 0 heterocycles. The summed E-state index contributed by atoms with van der Waals surface area (Å²) >= 11 is 0. The summed E-state index contributed by atoms with van der Waals surface area (Å²) in [6.07, 6.45) is 0. The van der Waals surface area contributed by atoms with Crippen LogP contribution >= 0.6 is 0 Å². The van der Waals surface area contributed by atoms with Crippen LogP contribution in [0, 0.1) is 6.92 Å². The van der Waals surface area contributed by atoms with Crippen LogP contribution in [0.2, 0.25) is 0 Å². The van der Waals surface area contributed by atoms with Crippen molar-refractivity contribution < 1.29 is 18.4 Å². The quantitative estimate of drug-likeness (QED) is 0.141. The Bertz CT molecular complexity index is 1660. The molecule has 0 aliphatic rings. The van der Waals surface area contributed by atoms with E-state index < -0.39 is 33.9 Å². The number of nitrogens with zero attached hydrogens (tertiary/aromatic N) is 1. The van der Waals surface area contributed by atoms with Gasteiger partial charge in [0.1, 0.15) is 6.04 Å². The van der Waals surface area contributed by atoms with E-state index in [4.69, 9.17) is 0 Å². The lowest BCUT2D eigenvalue weighted by Crippen LogP contribution is -2.43. The fraction of sp³-hybridized carbons (Fsp3) is 0.114. The highest BCUT2D eigenvalue weighted by Gasteiger charge is 2.39. The zero-order valence-corrected chi connectivity index (χ0v) is 23.9. The number of sulfonamides is 1. The topological polar surface area (TPSA) is 86.7 Å². The molecule has 6 nitrogen and oxygen atoms in total. The van der Waals surface area contributed by atoms with E-state index in [1.165, 1.54) is 0 Å². The van der Waals surface area contributed by atoms with Gasteiger partial charge in [0.05, 0.1) is 16.9 Å². The zero-order chi connectivity index (χ0) is 29.5. The molecule has 0 radical (unpaired) electrons. The molecule has 0 bridgehead atoms. The first-order chi connectivity index (χ1) is 20.3. The van der Waals surface area contributed by atoms with Crippen LogP contribution in [0.1, 0.15) is 45.8 Å². The van der Waals surface area contributed by atoms with Crippen LogP contribution in [0.3, 0.4) is 0 Å². The van der Waals surface area contributed by atoms with Gasteiger partial charge in [0.2, 0.25) is 10.0 Å². The zero-order valence-electron chi connectivity index (χ0n) is 23.1. The molecule has 2 N–H and O–H groups in total. The molecule has 5 aromatic rings. The van der Waals surface area contributed by atoms with Gasteiger partial charge < -0.3 is 0 Å². The van der Waals surface area contributed by atoms with E-state index in [1.54, 1.807) is 72.8 Å². The summed E-state index contributed by atoms with van der Waals surface area (Å²) in [5.41, 5.74) is 3.49. The maximum absolute atomic E-state index is 14.4. The number of hydrogen-bond donors (Lipinski definition) is 2. The van der Waals surface area contributed by atoms with E-state index in [-0.39, 0.29) is 4.90 Å². The van der Waals surface area contributed by atoms with Crippen LogP contribution in [0.25, 0.3) is 0 Å². The molecule has 0 aliphatic heterocycles. The van der Waals surface area contributed by atoms with Crippen LogP contribution in [0.5, 0.6) is 0 Å². The second kappa shape index (κ2) is 13.0. The number of benzene rings is 5. The molecule has 7 heteroatoms. The molecule has 0 spiro atoms. The molecule has 5 aromatic carbocycles. The minimum absolute atomic E-state index is 0.0862. The molecule has 212 valence electrons. The van der Waals surface area contributed by atoms with Crippen LogP contribution in [-0.4, -0.2) is 24.6 Å². The van der Waals surface area contributed by atoms with Crippen LogP contribution in [-0.2, 0) is 14.8 Å². The predicted molar refractivity (Wildman–Crippen MR) is 163 cm³/mol. The van der Waals surface area contributed by atoms with Gasteiger partial charge in [-0.15, -0.1) is 0 Å². The molecule has 0 saturated heterocycles. The van der Waals surface area contributed by atoms with Crippen LogP contribution in [0.4, 0.5) is 0 Å². The highest BCUT2D eigenvalue weighted by molar-refractivity contribution is 7.89. The molecule has 0 fully saturated rings. The van der Waals surface area contributed by atoms with Gasteiger partial charge in [-0.05, 0) is 41.3 Å². The van der Waals surface area contributed by atoms with Gasteiger partial charge in [0, 0.05) is 0 Å². The fourth-order valence-corrected chi connectivity index (χ4v) is 6.32. The lowest BCUT2D eigenvalue weighted by atomic mass is 9.88. The number of aryl methyl sites for hydroxylation is 1. The largest absolute Gasteiger partial charge is 0.285 e. The van der Waals surface area contributed by atoms with Crippen molar-refractivity contribution in [3.63, 3.8) is 0 Å². The average Bonchev–Trinajstić information content (AvgIpc) is 3.03. The molecule has 0 unspecified atom stereocenters. The Morgan fingerprint density at radius 2 is 1.02 bits per heavy atom. The Balaban J connectivity index is 1.63. The van der Waals surface area contributed by atoms with Crippen molar-refractivity contribution >= 4 is 15.9 Å². The minimum atomic E-state index is -4.06. The summed E-state index contributed by atoms with van der Waals surface area (Å²) in [4.78, 5) is 14.5. The Morgan fingerprint density at radius 3 is 1.48 bits per heavy atom. The number of amides is 1. The molecule has 0 saturated carbocycles. The van der Waals surface area contributed by atoms with Crippen molar-refractivity contribution in [3.8, 4) is 0 Å². The summed E-state index contributed by atoms with van der Waals surface area (Å²) in [5.74, 6) is -1.41. The van der Waals surface area contributed by atoms with Crippen LogP contribution in [0.15, 0.2) is 150 Å². The van der Waals surface area contributed by atoms with Crippen molar-refractivity contribution in [2.75, 3.05) is 0 Å². The molecular weight excluding hydrogens is 544 g/mol. The maximum atomic E-state index is 14.4. The van der Waals surface area contributed by atoms with E-state index in [1.807, 2.05) is 79.7 Å². The number of hydroxylamine groups is 2. The van der Waals surface area contributed by atoms with E-state index in [0.717, 1.165) is 5.56 Å². The highest BCUT2D eigenvalue weighted by atomic mass is 32.2. The van der Waals surface area contributed by atoms with Gasteiger partial charge in [-0.3, -0.25) is 10.0 Å². The van der Waals surface area contributed by atoms with Gasteiger partial charge in [0.25, 0.3) is 5.91 Å². The number of nitrogens with one attached hydrogen (secondary N) is 1. The van der Waals surface area contributed by atoms with E-state index in [2.05, 4.69) is 4.72 Å². The summed E-state index contributed by atoms with van der Waals surface area (Å²) in [6.45, 7) is 1.88. The highest BCUT2D eigenvalue weighted by Crippen LogP contribution is 2.38. The van der Waals surface area contributed by atoms with Gasteiger partial charge in [0.15, 0.2) is 0 Å². The van der Waals surface area contributed by atoms with Gasteiger partial charge in [-0.1, -0.05) is 139 Å². The Kier molecular flexibility index (Phi) is 8.93. The van der Waals surface area contributed by atoms with Crippen molar-refractivity contribution in [3.05, 3.63) is 173 Å². The Hall–Kier alpha value is -4.56. The SMILES string of the molecule is Cc1ccc(S(=O)(=O)N[C@H](c2ccccc2)[C@@H](c2ccccc2)N(O)C(=O)C(c2ccccc2)c2ccccc2)cc1. The monoisotopic (exact) mass is 576 g/mol. The minimum Gasteiger partial charge on any atom is -0.285 e. The van der Waals surface area contributed by atoms with E-state index in [0.29, 0.717) is 27.3 Å². The molecular formula is C35H32N2O4S. The third-order valence-corrected chi connectivity index (χ3v) is 8.69. The summed E-state index contributed by atoms with van der Waals surface area (Å²) in [5, 5.41) is 12.6. The van der Waals surface area contributed by atoms with Gasteiger partial charge in [-0.2, -0.15) is 0 Å². The van der Waals surface area contributed by atoms with Crippen molar-refractivity contribution in [2.45, 2.75) is 29.8 Å². The van der Waals surface area contributed by atoms with Gasteiger partial charge in [-0.25, -0.2) is 18.2 Å². The third-order valence-electron chi connectivity index (χ3n) is 7.23. The molecule has 2 atom stereocenters. The van der Waals surface area contributed by atoms with E-state index >= 15 is 0 Å². The first-order valence-corrected chi connectivity index (χ1v) is 15.1. The molecule has 42 heavy (non-hydrogen) atoms. The maximum Gasteiger partial charge on any atom is 0.258 e. The lowest BCUT2D eigenvalue weighted by molar-refractivity contribution is -0.180. The second-order valence-electron chi connectivity index (χ2n) is 10.1. The predicted octanol–water partition coefficient (Wildman–Crippen LogP) is 6.81. The molecule has 1 amide bonds. The molecule has 0 aliphatic carbocycles. The average molecular weight is 577 g/mol. The van der Waals surface area contributed by atoms with Crippen molar-refractivity contribution in [2.24, 2.45) is 0 Å². The van der Waals surface area contributed by atoms with Crippen molar-refractivity contribution in [1.29, 1.82) is 0 Å². The van der Waals surface area contributed by atoms with Crippen molar-refractivity contribution in [1.82, 2.24) is 9.79 Å². The number of hydrogen-bond acceptors (Lipinski definition) is 4. The number of carbonyl (C=O) groups excluding carboxylic acids is 1. The number of rotatable bonds is 10. The summed E-state index contributed by atoms with van der Waals surface area (Å²) < 4.78 is 30.3. The first-order valence-electron chi connectivity index (χ1n) is 13.7. The first kappa shape index (κ1) is 29.0. The second-order valence-corrected chi connectivity index (χ2v) is 11.8. The fourth-order valence-electron chi connectivity index (χ4n) is 5.09. The van der Waals surface area contributed by atoms with Crippen LogP contribution < -0.4 is 4.72 Å². The standard InChI is InChI=1S/C35H32N2O4S/c1-26-22-24-31(25-23-26)42(40,41)36-33(29-18-10-4-11-19-29)34(30-20-12-5-13-21-30)37(39)35(38)32(27-14-6-2-7-15-27)28-16-8-3-9-17-28/h2-25,32-34,36,39H,1H3/t33-,34-/m1/s1. The normalized spacial score (nSPS) is 12.9. The summed E-state index contributed by atoms with van der Waals surface area (Å²) in [6, 6.07) is 40.8. The Morgan fingerprint density at radius 1 is 0.619 bits per heavy atom. The van der Waals surface area contributed by atoms with Gasteiger partial charge >= 0.3 is 0 Å². The number of carbonyl (C=O) groups is 1. The Labute approximate surface area is 246 Å². The third kappa shape index (κ3) is 6.50. The molecule has 0 aromatic heterocycles. The molecule has 5 rings (SSSR count).